The molecule has 1 aliphatic rings. The van der Waals surface area contributed by atoms with Crippen molar-refractivity contribution in [1.82, 2.24) is 5.43 Å². The Bertz CT molecular complexity index is 447. The van der Waals surface area contributed by atoms with E-state index in [1.54, 1.807) is 20.3 Å². The van der Waals surface area contributed by atoms with Gasteiger partial charge < -0.3 is 9.47 Å². The van der Waals surface area contributed by atoms with E-state index in [2.05, 4.69) is 5.43 Å². The molecule has 1 aromatic rings. The predicted octanol–water partition coefficient (Wildman–Crippen LogP) is 2.69. The molecule has 4 nitrogen and oxygen atoms in total. The van der Waals surface area contributed by atoms with Crippen LogP contribution in [0.1, 0.15) is 43.7 Å². The Hall–Kier alpha value is -1.17. The van der Waals surface area contributed by atoms with Gasteiger partial charge in [-0.15, -0.1) is 0 Å². The quantitative estimate of drug-likeness (QED) is 0.644. The Labute approximate surface area is 119 Å². The number of nitrogens with one attached hydrogen (secondary N) is 1. The summed E-state index contributed by atoms with van der Waals surface area (Å²) >= 11 is 0. The van der Waals surface area contributed by atoms with Gasteiger partial charge in [-0.1, -0.05) is 19.3 Å². The van der Waals surface area contributed by atoms with E-state index in [1.807, 2.05) is 0 Å². The molecule has 0 bridgehead atoms. The summed E-state index contributed by atoms with van der Waals surface area (Å²) in [6.45, 7) is 0. The lowest BCUT2D eigenvalue weighted by molar-refractivity contribution is -0.0693. The van der Waals surface area contributed by atoms with Crippen molar-refractivity contribution in [2.75, 3.05) is 14.2 Å². The maximum atomic E-state index is 13.6. The molecule has 0 heterocycles. The molecular weight excluding hydrogens is 259 g/mol. The summed E-state index contributed by atoms with van der Waals surface area (Å²) in [7, 11) is 3.27. The van der Waals surface area contributed by atoms with Crippen LogP contribution in [0.2, 0.25) is 0 Å². The Morgan fingerprint density at radius 3 is 2.50 bits per heavy atom. The average molecular weight is 282 g/mol. The Morgan fingerprint density at radius 2 is 1.95 bits per heavy atom. The van der Waals surface area contributed by atoms with Crippen LogP contribution in [0.5, 0.6) is 5.75 Å². The summed E-state index contributed by atoms with van der Waals surface area (Å²) in [6.07, 6.45) is 5.17. The van der Waals surface area contributed by atoms with Crippen LogP contribution in [0.15, 0.2) is 18.2 Å². The Kier molecular flexibility index (Phi) is 4.96. The standard InChI is InChI=1S/C15H23FN2O2/c1-19-13-7-6-11(16)10-12(13)14(18-17)15(20-2)8-4-3-5-9-15/h6-7,10,14,18H,3-5,8-9,17H2,1-2H3. The molecule has 1 fully saturated rings. The van der Waals surface area contributed by atoms with E-state index >= 15 is 0 Å². The second-order valence-corrected chi connectivity index (χ2v) is 5.32. The van der Waals surface area contributed by atoms with Crippen molar-refractivity contribution in [2.45, 2.75) is 43.7 Å². The first-order chi connectivity index (χ1) is 9.66. The molecule has 1 unspecified atom stereocenters. The first kappa shape index (κ1) is 15.2. The van der Waals surface area contributed by atoms with Crippen LogP contribution in [0, 0.1) is 5.82 Å². The number of methoxy groups -OCH3 is 2. The summed E-state index contributed by atoms with van der Waals surface area (Å²) in [5.41, 5.74) is 3.11. The van der Waals surface area contributed by atoms with Crippen molar-refractivity contribution in [1.29, 1.82) is 0 Å². The molecule has 0 saturated heterocycles. The zero-order valence-electron chi connectivity index (χ0n) is 12.1. The summed E-state index contributed by atoms with van der Waals surface area (Å²) in [5.74, 6) is 6.08. The van der Waals surface area contributed by atoms with Gasteiger partial charge in [-0.05, 0) is 31.0 Å². The van der Waals surface area contributed by atoms with Gasteiger partial charge in [0.25, 0.3) is 0 Å². The van der Waals surface area contributed by atoms with Crippen LogP contribution in [-0.2, 0) is 4.74 Å². The molecule has 1 saturated carbocycles. The largest absolute Gasteiger partial charge is 0.496 e. The van der Waals surface area contributed by atoms with Gasteiger partial charge in [-0.2, -0.15) is 0 Å². The van der Waals surface area contributed by atoms with Crippen LogP contribution in [0.3, 0.4) is 0 Å². The highest BCUT2D eigenvalue weighted by atomic mass is 19.1. The minimum atomic E-state index is -0.409. The van der Waals surface area contributed by atoms with Gasteiger partial charge in [0.05, 0.1) is 18.8 Å². The molecule has 112 valence electrons. The van der Waals surface area contributed by atoms with Crippen molar-refractivity contribution >= 4 is 0 Å². The molecule has 3 N–H and O–H groups in total. The molecule has 1 atom stereocenters. The minimum Gasteiger partial charge on any atom is -0.496 e. The van der Waals surface area contributed by atoms with Crippen molar-refractivity contribution in [3.8, 4) is 5.75 Å². The maximum absolute atomic E-state index is 13.6. The van der Waals surface area contributed by atoms with Crippen molar-refractivity contribution in [3.63, 3.8) is 0 Å². The third-order valence-electron chi connectivity index (χ3n) is 4.30. The average Bonchev–Trinajstić information content (AvgIpc) is 2.49. The van der Waals surface area contributed by atoms with Crippen LogP contribution in [0.25, 0.3) is 0 Å². The van der Waals surface area contributed by atoms with Gasteiger partial charge in [-0.25, -0.2) is 9.82 Å². The second kappa shape index (κ2) is 6.52. The number of hydrogen-bond donors (Lipinski definition) is 2. The molecule has 0 amide bonds. The lowest BCUT2D eigenvalue weighted by atomic mass is 9.76. The smallest absolute Gasteiger partial charge is 0.124 e. The fraction of sp³-hybridized carbons (Fsp3) is 0.600. The van der Waals surface area contributed by atoms with Gasteiger partial charge in [-0.3, -0.25) is 5.84 Å². The van der Waals surface area contributed by atoms with Gasteiger partial charge in [0.2, 0.25) is 0 Å². The second-order valence-electron chi connectivity index (χ2n) is 5.32. The highest BCUT2D eigenvalue weighted by Gasteiger charge is 2.41. The number of benzene rings is 1. The van der Waals surface area contributed by atoms with E-state index in [-0.39, 0.29) is 11.9 Å². The zero-order valence-corrected chi connectivity index (χ0v) is 12.1. The highest BCUT2D eigenvalue weighted by Crippen LogP contribution is 2.43. The normalized spacial score (nSPS) is 19.6. The monoisotopic (exact) mass is 282 g/mol. The van der Waals surface area contributed by atoms with E-state index in [9.17, 15) is 4.39 Å². The van der Waals surface area contributed by atoms with Crippen molar-refractivity contribution < 1.29 is 13.9 Å². The molecular formula is C15H23FN2O2. The number of ether oxygens (including phenoxy) is 2. The first-order valence-electron chi connectivity index (χ1n) is 7.01. The van der Waals surface area contributed by atoms with Gasteiger partial charge in [0.15, 0.2) is 0 Å². The van der Waals surface area contributed by atoms with E-state index in [1.165, 1.54) is 18.6 Å². The lowest BCUT2D eigenvalue weighted by Crippen LogP contribution is -2.49. The molecule has 5 heteroatoms. The number of rotatable bonds is 5. The zero-order chi connectivity index (χ0) is 14.6. The van der Waals surface area contributed by atoms with Crippen molar-refractivity contribution in [3.05, 3.63) is 29.6 Å². The third kappa shape index (κ3) is 2.80. The number of halogens is 1. The van der Waals surface area contributed by atoms with Crippen LogP contribution < -0.4 is 16.0 Å². The SMILES string of the molecule is COc1ccc(F)cc1C(NN)C1(OC)CCCCC1. The van der Waals surface area contributed by atoms with Crippen LogP contribution in [-0.4, -0.2) is 19.8 Å². The Morgan fingerprint density at radius 1 is 1.25 bits per heavy atom. The topological polar surface area (TPSA) is 56.5 Å². The van der Waals surface area contributed by atoms with E-state index in [0.29, 0.717) is 11.3 Å². The fourth-order valence-corrected chi connectivity index (χ4v) is 3.22. The molecule has 1 aliphatic carbocycles. The highest BCUT2D eigenvalue weighted by molar-refractivity contribution is 5.38. The molecule has 20 heavy (non-hydrogen) atoms. The van der Waals surface area contributed by atoms with Crippen LogP contribution >= 0.6 is 0 Å². The molecule has 0 aliphatic heterocycles. The summed E-state index contributed by atoms with van der Waals surface area (Å²) in [6, 6.07) is 4.19. The maximum Gasteiger partial charge on any atom is 0.124 e. The van der Waals surface area contributed by atoms with Crippen molar-refractivity contribution in [2.24, 2.45) is 5.84 Å². The summed E-state index contributed by atoms with van der Waals surface area (Å²) < 4.78 is 24.8. The molecule has 0 spiro atoms. The molecule has 1 aromatic carbocycles. The van der Waals surface area contributed by atoms with Gasteiger partial charge in [0.1, 0.15) is 11.6 Å². The van der Waals surface area contributed by atoms with Gasteiger partial charge in [0, 0.05) is 12.7 Å². The minimum absolute atomic E-state index is 0.293. The Balaban J connectivity index is 2.42. The molecule has 0 aromatic heterocycles. The van der Waals surface area contributed by atoms with Crippen LogP contribution in [0.4, 0.5) is 4.39 Å². The first-order valence-corrected chi connectivity index (χ1v) is 7.01. The number of hydrogen-bond acceptors (Lipinski definition) is 4. The number of hydrazine groups is 1. The summed E-state index contributed by atoms with van der Waals surface area (Å²) in [4.78, 5) is 0. The van der Waals surface area contributed by atoms with E-state index in [0.717, 1.165) is 25.7 Å². The van der Waals surface area contributed by atoms with Gasteiger partial charge >= 0.3 is 0 Å². The summed E-state index contributed by atoms with van der Waals surface area (Å²) in [5, 5.41) is 0. The van der Waals surface area contributed by atoms with E-state index < -0.39 is 5.60 Å². The predicted molar refractivity (Wildman–Crippen MR) is 75.8 cm³/mol. The molecule has 2 rings (SSSR count). The molecule has 0 radical (unpaired) electrons. The lowest BCUT2D eigenvalue weighted by Gasteiger charge is -2.42. The third-order valence-corrected chi connectivity index (χ3v) is 4.30. The fourth-order valence-electron chi connectivity index (χ4n) is 3.22. The number of nitrogens with two attached hydrogens (primary N) is 1. The van der Waals surface area contributed by atoms with E-state index in [4.69, 9.17) is 15.3 Å².